The fourth-order valence-electron chi connectivity index (χ4n) is 2.23. The molecule has 1 aromatic heterocycles. The first-order chi connectivity index (χ1) is 9.47. The lowest BCUT2D eigenvalue weighted by Gasteiger charge is -2.23. The van der Waals surface area contributed by atoms with Crippen molar-refractivity contribution in [3.63, 3.8) is 0 Å². The van der Waals surface area contributed by atoms with E-state index in [9.17, 15) is 19.8 Å². The van der Waals surface area contributed by atoms with Gasteiger partial charge in [0.2, 0.25) is 0 Å². The molecule has 7 nitrogen and oxygen atoms in total. The first-order valence-corrected chi connectivity index (χ1v) is 6.26. The van der Waals surface area contributed by atoms with Crippen molar-refractivity contribution < 1.29 is 14.9 Å². The van der Waals surface area contributed by atoms with Crippen LogP contribution in [0, 0.1) is 12.3 Å². The minimum absolute atomic E-state index is 0.0554. The van der Waals surface area contributed by atoms with Crippen LogP contribution in [-0.2, 0) is 11.2 Å². The number of nitrogens with zero attached hydrogens (tertiary/aromatic N) is 1. The number of aliphatic hydroxyl groups is 2. The Morgan fingerprint density at radius 2 is 2.35 bits per heavy atom. The van der Waals surface area contributed by atoms with Gasteiger partial charge in [-0.2, -0.15) is 0 Å². The van der Waals surface area contributed by atoms with Crippen LogP contribution in [0.25, 0.3) is 0 Å². The Morgan fingerprint density at radius 3 is 2.85 bits per heavy atom. The summed E-state index contributed by atoms with van der Waals surface area (Å²) in [6.07, 6.45) is 5.26. The number of aliphatic hydroxyl groups excluding tert-OH is 2. The summed E-state index contributed by atoms with van der Waals surface area (Å²) in [6, 6.07) is 0. The normalized spacial score (nSPS) is 29.3. The number of hydrogen-bond donors (Lipinski definition) is 3. The molecule has 20 heavy (non-hydrogen) atoms. The standard InChI is InChI=1S/C13H16N2O5/c1-3-8-6-15(12(19)14-11(8)18)10-5-9(17)13(4-2,7-16)20-10/h2,6,9-10,16-17H,3,5,7H2,1H3,(H,14,18,19)/t9-,10-,13-/m1/s1. The van der Waals surface area contributed by atoms with Gasteiger partial charge in [0, 0.05) is 18.2 Å². The summed E-state index contributed by atoms with van der Waals surface area (Å²) in [5.41, 5.74) is -2.19. The summed E-state index contributed by atoms with van der Waals surface area (Å²) in [5.74, 6) is 2.23. The third-order valence-corrected chi connectivity index (χ3v) is 3.52. The van der Waals surface area contributed by atoms with Gasteiger partial charge in [-0.3, -0.25) is 14.3 Å². The second-order valence-corrected chi connectivity index (χ2v) is 4.69. The van der Waals surface area contributed by atoms with Crippen molar-refractivity contribution in [2.24, 2.45) is 0 Å². The summed E-state index contributed by atoms with van der Waals surface area (Å²) in [6.45, 7) is 1.23. The van der Waals surface area contributed by atoms with Crippen molar-refractivity contribution in [1.82, 2.24) is 9.55 Å². The van der Waals surface area contributed by atoms with Gasteiger partial charge >= 0.3 is 5.69 Å². The first-order valence-electron chi connectivity index (χ1n) is 6.26. The molecule has 1 aliphatic rings. The maximum atomic E-state index is 11.8. The summed E-state index contributed by atoms with van der Waals surface area (Å²) >= 11 is 0. The molecule has 0 aliphatic carbocycles. The molecule has 0 bridgehead atoms. The molecule has 0 radical (unpaired) electrons. The van der Waals surface area contributed by atoms with Crippen LogP contribution in [-0.4, -0.2) is 38.1 Å². The monoisotopic (exact) mass is 280 g/mol. The van der Waals surface area contributed by atoms with Crippen LogP contribution in [0.3, 0.4) is 0 Å². The summed E-state index contributed by atoms with van der Waals surface area (Å²) in [7, 11) is 0. The van der Waals surface area contributed by atoms with Crippen molar-refractivity contribution in [2.75, 3.05) is 6.61 Å². The number of H-pyrrole nitrogens is 1. The fourth-order valence-corrected chi connectivity index (χ4v) is 2.23. The molecule has 1 aliphatic heterocycles. The van der Waals surface area contributed by atoms with E-state index in [-0.39, 0.29) is 6.42 Å². The van der Waals surface area contributed by atoms with Gasteiger partial charge in [0.15, 0.2) is 5.60 Å². The van der Waals surface area contributed by atoms with Gasteiger partial charge in [0.1, 0.15) is 12.3 Å². The molecule has 0 aromatic carbocycles. The largest absolute Gasteiger partial charge is 0.392 e. The van der Waals surface area contributed by atoms with Gasteiger partial charge in [-0.05, 0) is 6.42 Å². The molecule has 1 fully saturated rings. The van der Waals surface area contributed by atoms with Crippen molar-refractivity contribution in [1.29, 1.82) is 0 Å². The van der Waals surface area contributed by atoms with Crippen LogP contribution in [0.4, 0.5) is 0 Å². The minimum Gasteiger partial charge on any atom is -0.392 e. The highest BCUT2D eigenvalue weighted by molar-refractivity contribution is 5.16. The second kappa shape index (κ2) is 5.25. The number of terminal acetylenes is 1. The first kappa shape index (κ1) is 14.5. The highest BCUT2D eigenvalue weighted by Crippen LogP contribution is 2.35. The summed E-state index contributed by atoms with van der Waals surface area (Å²) in [4.78, 5) is 25.5. The number of hydrogen-bond acceptors (Lipinski definition) is 5. The molecule has 3 atom stereocenters. The predicted octanol–water partition coefficient (Wildman–Crippen LogP) is -1.26. The van der Waals surface area contributed by atoms with E-state index in [0.717, 1.165) is 0 Å². The average Bonchev–Trinajstić information content (AvgIpc) is 2.76. The lowest BCUT2D eigenvalue weighted by Crippen LogP contribution is -2.41. The number of ether oxygens (including phenoxy) is 1. The Labute approximate surface area is 114 Å². The highest BCUT2D eigenvalue weighted by Gasteiger charge is 2.47. The number of aromatic nitrogens is 2. The predicted molar refractivity (Wildman–Crippen MR) is 70.1 cm³/mol. The SMILES string of the molecule is C#C[C@]1(CO)O[C@@H](n2cc(CC)c(=O)[nH]c2=O)C[C@H]1O. The highest BCUT2D eigenvalue weighted by atomic mass is 16.6. The molecule has 0 saturated carbocycles. The molecule has 0 spiro atoms. The van der Waals surface area contributed by atoms with Crippen LogP contribution >= 0.6 is 0 Å². The lowest BCUT2D eigenvalue weighted by atomic mass is 9.99. The van der Waals surface area contributed by atoms with E-state index >= 15 is 0 Å². The third-order valence-electron chi connectivity index (χ3n) is 3.52. The quantitative estimate of drug-likeness (QED) is 0.600. The second-order valence-electron chi connectivity index (χ2n) is 4.69. The molecule has 7 heteroatoms. The Hall–Kier alpha value is -1.88. The zero-order valence-corrected chi connectivity index (χ0v) is 11.0. The van der Waals surface area contributed by atoms with Gasteiger partial charge in [0.25, 0.3) is 5.56 Å². The van der Waals surface area contributed by atoms with Gasteiger partial charge in [-0.1, -0.05) is 12.8 Å². The van der Waals surface area contributed by atoms with Crippen LogP contribution in [0.15, 0.2) is 15.8 Å². The molecule has 1 aromatic rings. The molecule has 1 saturated heterocycles. The molecule has 2 heterocycles. The molecule has 108 valence electrons. The fraction of sp³-hybridized carbons (Fsp3) is 0.538. The van der Waals surface area contributed by atoms with Crippen molar-refractivity contribution in [3.8, 4) is 12.3 Å². The van der Waals surface area contributed by atoms with Gasteiger partial charge in [0.05, 0.1) is 6.61 Å². The molecular weight excluding hydrogens is 264 g/mol. The molecule has 2 rings (SSSR count). The summed E-state index contributed by atoms with van der Waals surface area (Å²) in [5, 5.41) is 19.2. The molecule has 0 amide bonds. The number of rotatable bonds is 3. The Bertz CT molecular complexity index is 656. The van der Waals surface area contributed by atoms with Gasteiger partial charge < -0.3 is 14.9 Å². The maximum absolute atomic E-state index is 11.8. The minimum atomic E-state index is -1.52. The third kappa shape index (κ3) is 2.18. The summed E-state index contributed by atoms with van der Waals surface area (Å²) < 4.78 is 6.65. The average molecular weight is 280 g/mol. The van der Waals surface area contributed by atoms with Crippen molar-refractivity contribution in [2.45, 2.75) is 37.7 Å². The van der Waals surface area contributed by atoms with E-state index < -0.39 is 35.8 Å². The number of aryl methyl sites for hydroxylation is 1. The van der Waals surface area contributed by atoms with Gasteiger partial charge in [-0.15, -0.1) is 6.42 Å². The Balaban J connectivity index is 2.43. The van der Waals surface area contributed by atoms with Crippen LogP contribution in [0.1, 0.15) is 25.1 Å². The van der Waals surface area contributed by atoms with E-state index in [0.29, 0.717) is 12.0 Å². The van der Waals surface area contributed by atoms with E-state index in [4.69, 9.17) is 11.2 Å². The van der Waals surface area contributed by atoms with Crippen molar-refractivity contribution >= 4 is 0 Å². The smallest absolute Gasteiger partial charge is 0.330 e. The van der Waals surface area contributed by atoms with Crippen LogP contribution < -0.4 is 11.2 Å². The van der Waals surface area contributed by atoms with Crippen molar-refractivity contribution in [3.05, 3.63) is 32.6 Å². The van der Waals surface area contributed by atoms with Crippen LogP contribution in [0.5, 0.6) is 0 Å². The molecule has 0 unspecified atom stereocenters. The Kier molecular flexibility index (Phi) is 3.81. The van der Waals surface area contributed by atoms with Gasteiger partial charge in [-0.25, -0.2) is 4.79 Å². The van der Waals surface area contributed by atoms with E-state index in [1.54, 1.807) is 6.92 Å². The van der Waals surface area contributed by atoms with E-state index in [1.165, 1.54) is 10.8 Å². The number of nitrogens with one attached hydrogen (secondary N) is 1. The van der Waals surface area contributed by atoms with E-state index in [2.05, 4.69) is 10.9 Å². The number of aromatic amines is 1. The Morgan fingerprint density at radius 1 is 1.65 bits per heavy atom. The zero-order chi connectivity index (χ0) is 14.9. The van der Waals surface area contributed by atoms with E-state index in [1.807, 2.05) is 0 Å². The topological polar surface area (TPSA) is 105 Å². The lowest BCUT2D eigenvalue weighted by molar-refractivity contribution is -0.0913. The van der Waals surface area contributed by atoms with Crippen LogP contribution in [0.2, 0.25) is 0 Å². The zero-order valence-electron chi connectivity index (χ0n) is 11.0. The molecular formula is C13H16N2O5. The maximum Gasteiger partial charge on any atom is 0.330 e. The molecule has 3 N–H and O–H groups in total.